The van der Waals surface area contributed by atoms with Crippen LogP contribution in [-0.2, 0) is 11.2 Å². The second-order valence-corrected chi connectivity index (χ2v) is 7.18. The van der Waals surface area contributed by atoms with Crippen molar-refractivity contribution in [1.29, 1.82) is 0 Å². The van der Waals surface area contributed by atoms with Gasteiger partial charge in [-0.25, -0.2) is 4.98 Å². The van der Waals surface area contributed by atoms with E-state index in [1.807, 2.05) is 37.3 Å². The van der Waals surface area contributed by atoms with Crippen molar-refractivity contribution in [3.63, 3.8) is 0 Å². The number of aryl methyl sites for hydroxylation is 1. The van der Waals surface area contributed by atoms with Gasteiger partial charge in [0.1, 0.15) is 11.5 Å². The van der Waals surface area contributed by atoms with Gasteiger partial charge in [0.2, 0.25) is 5.91 Å². The molecular formula is C20H16N4O2S. The minimum atomic E-state index is -0.0933. The third-order valence-corrected chi connectivity index (χ3v) is 4.71. The topological polar surface area (TPSA) is 77.0 Å². The molecule has 1 amide bonds. The number of nitrogens with zero attached hydrogens (tertiary/aromatic N) is 3. The van der Waals surface area contributed by atoms with E-state index in [4.69, 9.17) is 4.74 Å². The monoisotopic (exact) mass is 376 g/mol. The molecule has 3 heterocycles. The first-order valence-corrected chi connectivity index (χ1v) is 9.17. The molecule has 0 fully saturated rings. The molecule has 7 heteroatoms. The summed E-state index contributed by atoms with van der Waals surface area (Å²) in [5, 5.41) is 4.28. The van der Waals surface area contributed by atoms with Gasteiger partial charge in [0, 0.05) is 29.7 Å². The lowest BCUT2D eigenvalue weighted by atomic mass is 10.1. The number of anilines is 1. The molecular weight excluding hydrogens is 360 g/mol. The van der Waals surface area contributed by atoms with Crippen LogP contribution in [0.2, 0.25) is 0 Å². The summed E-state index contributed by atoms with van der Waals surface area (Å²) in [5.74, 6) is 1.29. The Balaban J connectivity index is 1.43. The predicted octanol–water partition coefficient (Wildman–Crippen LogP) is 4.37. The fraction of sp³-hybridized carbons (Fsp3) is 0.100. The zero-order valence-electron chi connectivity index (χ0n) is 14.5. The first-order valence-electron chi connectivity index (χ1n) is 8.35. The van der Waals surface area contributed by atoms with E-state index in [1.54, 1.807) is 30.9 Å². The number of hydrogen-bond acceptors (Lipinski definition) is 6. The van der Waals surface area contributed by atoms with Gasteiger partial charge in [0.15, 0.2) is 5.13 Å². The molecule has 0 aliphatic rings. The Kier molecular flexibility index (Phi) is 4.76. The number of amides is 1. The normalized spacial score (nSPS) is 10.7. The van der Waals surface area contributed by atoms with Crippen molar-refractivity contribution in [3.05, 3.63) is 71.6 Å². The number of carbonyl (C=O) groups is 1. The third kappa shape index (κ3) is 4.09. The molecule has 0 aliphatic heterocycles. The SMILES string of the molecule is Cc1cnc(NC(=O)Cc2ccc(Oc3ccnc4ccncc34)cc2)s1. The van der Waals surface area contributed by atoms with E-state index in [0.29, 0.717) is 16.6 Å². The minimum Gasteiger partial charge on any atom is -0.457 e. The molecule has 0 unspecified atom stereocenters. The van der Waals surface area contributed by atoms with Gasteiger partial charge < -0.3 is 10.1 Å². The van der Waals surface area contributed by atoms with Gasteiger partial charge in [0.05, 0.1) is 17.3 Å². The molecule has 1 aromatic carbocycles. The van der Waals surface area contributed by atoms with Gasteiger partial charge in [-0.2, -0.15) is 0 Å². The number of nitrogens with one attached hydrogen (secondary N) is 1. The fourth-order valence-electron chi connectivity index (χ4n) is 2.62. The summed E-state index contributed by atoms with van der Waals surface area (Å²) in [6, 6.07) is 11.1. The second kappa shape index (κ2) is 7.51. The average Bonchev–Trinajstić information content (AvgIpc) is 3.08. The fourth-order valence-corrected chi connectivity index (χ4v) is 3.30. The number of fused-ring (bicyclic) bond motifs is 1. The van der Waals surface area contributed by atoms with Crippen molar-refractivity contribution in [2.24, 2.45) is 0 Å². The van der Waals surface area contributed by atoms with Crippen molar-refractivity contribution < 1.29 is 9.53 Å². The van der Waals surface area contributed by atoms with Gasteiger partial charge >= 0.3 is 0 Å². The number of pyridine rings is 2. The van der Waals surface area contributed by atoms with Gasteiger partial charge in [-0.3, -0.25) is 14.8 Å². The highest BCUT2D eigenvalue weighted by molar-refractivity contribution is 7.15. The number of aromatic nitrogens is 3. The summed E-state index contributed by atoms with van der Waals surface area (Å²) in [6.45, 7) is 1.95. The van der Waals surface area contributed by atoms with Crippen molar-refractivity contribution in [2.75, 3.05) is 5.32 Å². The Morgan fingerprint density at radius 1 is 1.07 bits per heavy atom. The summed E-state index contributed by atoms with van der Waals surface area (Å²) in [4.78, 5) is 25.8. The largest absolute Gasteiger partial charge is 0.457 e. The zero-order valence-corrected chi connectivity index (χ0v) is 15.4. The van der Waals surface area contributed by atoms with Gasteiger partial charge in [-0.1, -0.05) is 12.1 Å². The summed E-state index contributed by atoms with van der Waals surface area (Å²) in [7, 11) is 0. The van der Waals surface area contributed by atoms with E-state index in [-0.39, 0.29) is 12.3 Å². The van der Waals surface area contributed by atoms with E-state index in [1.165, 1.54) is 11.3 Å². The predicted molar refractivity (Wildman–Crippen MR) is 105 cm³/mol. The molecule has 134 valence electrons. The maximum Gasteiger partial charge on any atom is 0.230 e. The number of rotatable bonds is 5. The smallest absolute Gasteiger partial charge is 0.230 e. The molecule has 3 aromatic heterocycles. The van der Waals surface area contributed by atoms with Crippen molar-refractivity contribution >= 4 is 33.3 Å². The third-order valence-electron chi connectivity index (χ3n) is 3.89. The van der Waals surface area contributed by atoms with E-state index < -0.39 is 0 Å². The lowest BCUT2D eigenvalue weighted by molar-refractivity contribution is -0.115. The molecule has 4 rings (SSSR count). The molecule has 6 nitrogen and oxygen atoms in total. The highest BCUT2D eigenvalue weighted by Gasteiger charge is 2.08. The Morgan fingerprint density at radius 3 is 2.70 bits per heavy atom. The molecule has 0 saturated carbocycles. The number of benzene rings is 1. The Bertz CT molecular complexity index is 1090. The summed E-state index contributed by atoms with van der Waals surface area (Å²) in [5.41, 5.74) is 1.72. The quantitative estimate of drug-likeness (QED) is 0.560. The van der Waals surface area contributed by atoms with Crippen molar-refractivity contribution in [2.45, 2.75) is 13.3 Å². The van der Waals surface area contributed by atoms with Crippen LogP contribution < -0.4 is 10.1 Å². The zero-order chi connectivity index (χ0) is 18.6. The number of ether oxygens (including phenoxy) is 1. The van der Waals surface area contributed by atoms with Crippen LogP contribution in [0.25, 0.3) is 10.9 Å². The molecule has 0 atom stereocenters. The van der Waals surface area contributed by atoms with Gasteiger partial charge in [-0.15, -0.1) is 11.3 Å². The van der Waals surface area contributed by atoms with Crippen molar-refractivity contribution in [1.82, 2.24) is 15.0 Å². The molecule has 1 N–H and O–H groups in total. The molecule has 0 spiro atoms. The number of hydrogen-bond donors (Lipinski definition) is 1. The molecule has 0 radical (unpaired) electrons. The average molecular weight is 376 g/mol. The molecule has 0 bridgehead atoms. The highest BCUT2D eigenvalue weighted by Crippen LogP contribution is 2.28. The number of thiazole rings is 1. The lowest BCUT2D eigenvalue weighted by Gasteiger charge is -2.09. The Labute approximate surface area is 159 Å². The molecule has 0 saturated heterocycles. The van der Waals surface area contributed by atoms with Crippen LogP contribution in [0.4, 0.5) is 5.13 Å². The van der Waals surface area contributed by atoms with Gasteiger partial charge in [-0.05, 0) is 36.8 Å². The van der Waals surface area contributed by atoms with Crippen molar-refractivity contribution in [3.8, 4) is 11.5 Å². The summed E-state index contributed by atoms with van der Waals surface area (Å²) < 4.78 is 5.96. The Morgan fingerprint density at radius 2 is 1.93 bits per heavy atom. The summed E-state index contributed by atoms with van der Waals surface area (Å²) >= 11 is 1.46. The van der Waals surface area contributed by atoms with Crippen LogP contribution in [0.3, 0.4) is 0 Å². The maximum atomic E-state index is 12.1. The van der Waals surface area contributed by atoms with Crippen LogP contribution in [0.5, 0.6) is 11.5 Å². The second-order valence-electron chi connectivity index (χ2n) is 5.95. The van der Waals surface area contributed by atoms with E-state index in [2.05, 4.69) is 20.3 Å². The first kappa shape index (κ1) is 17.1. The standard InChI is InChI=1S/C20H16N4O2S/c1-13-11-23-20(27-13)24-19(25)10-14-2-4-15(5-3-14)26-18-7-9-22-17-6-8-21-12-16(17)18/h2-9,11-12H,10H2,1H3,(H,23,24,25). The van der Waals surface area contributed by atoms with E-state index in [9.17, 15) is 4.79 Å². The molecule has 4 aromatic rings. The minimum absolute atomic E-state index is 0.0933. The highest BCUT2D eigenvalue weighted by atomic mass is 32.1. The van der Waals surface area contributed by atoms with Crippen LogP contribution >= 0.6 is 11.3 Å². The van der Waals surface area contributed by atoms with Gasteiger partial charge in [0.25, 0.3) is 0 Å². The van der Waals surface area contributed by atoms with Crippen LogP contribution in [0.1, 0.15) is 10.4 Å². The maximum absolute atomic E-state index is 12.1. The van der Waals surface area contributed by atoms with Crippen LogP contribution in [-0.4, -0.2) is 20.9 Å². The van der Waals surface area contributed by atoms with Crippen LogP contribution in [0, 0.1) is 6.92 Å². The number of carbonyl (C=O) groups excluding carboxylic acids is 1. The van der Waals surface area contributed by atoms with E-state index in [0.717, 1.165) is 21.3 Å². The van der Waals surface area contributed by atoms with E-state index >= 15 is 0 Å². The summed E-state index contributed by atoms with van der Waals surface area (Å²) in [6.07, 6.45) is 7.16. The first-order chi connectivity index (χ1) is 13.2. The lowest BCUT2D eigenvalue weighted by Crippen LogP contribution is -2.14. The molecule has 27 heavy (non-hydrogen) atoms. The molecule has 0 aliphatic carbocycles. The van der Waals surface area contributed by atoms with Crippen LogP contribution in [0.15, 0.2) is 61.2 Å². The Hall–Kier alpha value is -3.32.